The summed E-state index contributed by atoms with van der Waals surface area (Å²) in [5.41, 5.74) is 5.42. The van der Waals surface area contributed by atoms with Gasteiger partial charge in [-0.1, -0.05) is 6.07 Å². The third-order valence-corrected chi connectivity index (χ3v) is 6.14. The minimum atomic E-state index is -3.76. The van der Waals surface area contributed by atoms with Gasteiger partial charge in [0.1, 0.15) is 0 Å². The Morgan fingerprint density at radius 3 is 2.37 bits per heavy atom. The Morgan fingerprint density at radius 2 is 1.85 bits per heavy atom. The second kappa shape index (κ2) is 8.37. The summed E-state index contributed by atoms with van der Waals surface area (Å²) >= 11 is 0. The zero-order valence-corrected chi connectivity index (χ0v) is 16.9. The summed E-state index contributed by atoms with van der Waals surface area (Å²) in [6.45, 7) is 7.45. The Kier molecular flexibility index (Phi) is 6.61. The molecule has 1 fully saturated rings. The maximum atomic E-state index is 13.0. The van der Waals surface area contributed by atoms with Crippen LogP contribution in [0.4, 0.5) is 0 Å². The van der Waals surface area contributed by atoms with Crippen LogP contribution in [0.1, 0.15) is 38.1 Å². The fraction of sp³-hybridized carbons (Fsp3) is 0.556. The van der Waals surface area contributed by atoms with Gasteiger partial charge in [-0.25, -0.2) is 8.42 Å². The van der Waals surface area contributed by atoms with Gasteiger partial charge in [-0.15, -0.1) is 0 Å². The van der Waals surface area contributed by atoms with Crippen LogP contribution in [0.2, 0.25) is 0 Å². The number of sulfonamides is 1. The minimum Gasteiger partial charge on any atom is -0.373 e. The third kappa shape index (κ3) is 5.06. The van der Waals surface area contributed by atoms with Crippen molar-refractivity contribution in [2.45, 2.75) is 50.8 Å². The molecule has 2 atom stereocenters. The molecule has 0 saturated carbocycles. The molecule has 0 bridgehead atoms. The van der Waals surface area contributed by atoms with E-state index in [0.717, 1.165) is 0 Å². The molecule has 2 rings (SSSR count). The molecule has 27 heavy (non-hydrogen) atoms. The highest BCUT2D eigenvalue weighted by Crippen LogP contribution is 2.22. The summed E-state index contributed by atoms with van der Waals surface area (Å²) in [6, 6.07) is 5.60. The highest BCUT2D eigenvalue weighted by Gasteiger charge is 2.32. The fourth-order valence-corrected chi connectivity index (χ4v) is 4.73. The summed E-state index contributed by atoms with van der Waals surface area (Å²) in [5, 5.41) is 0. The molecule has 1 saturated heterocycles. The quantitative estimate of drug-likeness (QED) is 0.764. The number of nitrogens with zero attached hydrogens (tertiary/aromatic N) is 2. The van der Waals surface area contributed by atoms with Gasteiger partial charge in [0.2, 0.25) is 15.9 Å². The van der Waals surface area contributed by atoms with E-state index in [1.807, 2.05) is 13.8 Å². The standard InChI is InChI=1S/C18H27N3O5S/c1-12(2)21(11-17(19)22)18(23)15-6-5-7-16(8-15)27(24,25)20-9-13(3)26-14(4)10-20/h5-8,12-14H,9-11H2,1-4H3,(H2,19,22). The van der Waals surface area contributed by atoms with Crippen LogP contribution >= 0.6 is 0 Å². The highest BCUT2D eigenvalue weighted by molar-refractivity contribution is 7.89. The van der Waals surface area contributed by atoms with E-state index >= 15 is 0 Å². The number of benzene rings is 1. The highest BCUT2D eigenvalue weighted by atomic mass is 32.2. The molecule has 8 nitrogen and oxygen atoms in total. The van der Waals surface area contributed by atoms with Crippen LogP contribution in [0.3, 0.4) is 0 Å². The Balaban J connectivity index is 2.33. The van der Waals surface area contributed by atoms with Crippen LogP contribution in [-0.4, -0.2) is 67.3 Å². The van der Waals surface area contributed by atoms with E-state index < -0.39 is 21.8 Å². The van der Waals surface area contributed by atoms with Crippen LogP contribution in [-0.2, 0) is 19.6 Å². The third-order valence-electron chi connectivity index (χ3n) is 4.32. The molecule has 2 amide bonds. The molecule has 0 aromatic heterocycles. The first kappa shape index (κ1) is 21.3. The van der Waals surface area contributed by atoms with Crippen molar-refractivity contribution >= 4 is 21.8 Å². The minimum absolute atomic E-state index is 0.0393. The molecular weight excluding hydrogens is 370 g/mol. The lowest BCUT2D eigenvalue weighted by Gasteiger charge is -2.34. The Bertz CT molecular complexity index is 799. The van der Waals surface area contributed by atoms with Crippen LogP contribution in [0.25, 0.3) is 0 Å². The number of nitrogens with two attached hydrogens (primary N) is 1. The lowest BCUT2D eigenvalue weighted by atomic mass is 10.1. The predicted molar refractivity (Wildman–Crippen MR) is 101 cm³/mol. The van der Waals surface area contributed by atoms with Gasteiger partial charge in [0.25, 0.3) is 5.91 Å². The SMILES string of the molecule is CC1CN(S(=O)(=O)c2cccc(C(=O)N(CC(N)=O)C(C)C)c2)CC(C)O1. The van der Waals surface area contributed by atoms with Crippen molar-refractivity contribution in [3.8, 4) is 0 Å². The summed E-state index contributed by atoms with van der Waals surface area (Å²) < 4.78 is 33.0. The van der Waals surface area contributed by atoms with Gasteiger partial charge in [0.15, 0.2) is 0 Å². The topological polar surface area (TPSA) is 110 Å². The molecule has 0 radical (unpaired) electrons. The monoisotopic (exact) mass is 397 g/mol. The first-order chi connectivity index (χ1) is 12.5. The number of morpholine rings is 1. The molecule has 2 unspecified atom stereocenters. The number of ether oxygens (including phenoxy) is 1. The van der Waals surface area contributed by atoms with E-state index in [4.69, 9.17) is 10.5 Å². The van der Waals surface area contributed by atoms with Crippen molar-refractivity contribution in [1.29, 1.82) is 0 Å². The molecule has 1 aliphatic rings. The second-order valence-corrected chi connectivity index (χ2v) is 9.04. The van der Waals surface area contributed by atoms with E-state index in [-0.39, 0.29) is 48.3 Å². The van der Waals surface area contributed by atoms with Crippen molar-refractivity contribution in [2.75, 3.05) is 19.6 Å². The first-order valence-corrected chi connectivity index (χ1v) is 10.3. The fourth-order valence-electron chi connectivity index (χ4n) is 3.09. The van der Waals surface area contributed by atoms with Crippen molar-refractivity contribution < 1.29 is 22.7 Å². The smallest absolute Gasteiger partial charge is 0.254 e. The van der Waals surface area contributed by atoms with Crippen molar-refractivity contribution in [1.82, 2.24) is 9.21 Å². The van der Waals surface area contributed by atoms with Crippen LogP contribution < -0.4 is 5.73 Å². The van der Waals surface area contributed by atoms with Crippen LogP contribution in [0.15, 0.2) is 29.2 Å². The van der Waals surface area contributed by atoms with Gasteiger partial charge in [-0.2, -0.15) is 4.31 Å². The number of primary amides is 1. The van der Waals surface area contributed by atoms with Gasteiger partial charge < -0.3 is 15.4 Å². The van der Waals surface area contributed by atoms with Crippen molar-refractivity contribution in [2.24, 2.45) is 5.73 Å². The molecule has 1 aromatic carbocycles. The lowest BCUT2D eigenvalue weighted by Crippen LogP contribution is -2.48. The number of hydrogen-bond acceptors (Lipinski definition) is 5. The van der Waals surface area contributed by atoms with Gasteiger partial charge in [0, 0.05) is 24.7 Å². The lowest BCUT2D eigenvalue weighted by molar-refractivity contribution is -0.119. The molecular formula is C18H27N3O5S. The van der Waals surface area contributed by atoms with Crippen molar-refractivity contribution in [3.05, 3.63) is 29.8 Å². The van der Waals surface area contributed by atoms with E-state index in [9.17, 15) is 18.0 Å². The molecule has 0 aliphatic carbocycles. The molecule has 2 N–H and O–H groups in total. The van der Waals surface area contributed by atoms with E-state index in [1.165, 1.54) is 33.5 Å². The van der Waals surface area contributed by atoms with E-state index in [1.54, 1.807) is 13.8 Å². The van der Waals surface area contributed by atoms with E-state index in [0.29, 0.717) is 0 Å². The van der Waals surface area contributed by atoms with Gasteiger partial charge in [-0.05, 0) is 45.9 Å². The Morgan fingerprint density at radius 1 is 1.26 bits per heavy atom. The van der Waals surface area contributed by atoms with Crippen LogP contribution in [0.5, 0.6) is 0 Å². The first-order valence-electron chi connectivity index (χ1n) is 8.87. The number of carbonyl (C=O) groups is 2. The molecule has 150 valence electrons. The molecule has 0 spiro atoms. The number of hydrogen-bond donors (Lipinski definition) is 1. The molecule has 1 aliphatic heterocycles. The normalized spacial score (nSPS) is 21.2. The average molecular weight is 397 g/mol. The average Bonchev–Trinajstić information content (AvgIpc) is 2.58. The zero-order valence-electron chi connectivity index (χ0n) is 16.1. The van der Waals surface area contributed by atoms with E-state index in [2.05, 4.69) is 0 Å². The summed E-state index contributed by atoms with van der Waals surface area (Å²) in [5.74, 6) is -1.07. The van der Waals surface area contributed by atoms with Crippen LogP contribution in [0, 0.1) is 0 Å². The largest absolute Gasteiger partial charge is 0.373 e. The maximum absolute atomic E-state index is 13.0. The molecule has 1 aromatic rings. The summed E-state index contributed by atoms with van der Waals surface area (Å²) in [6.07, 6.45) is -0.416. The van der Waals surface area contributed by atoms with Gasteiger partial charge >= 0.3 is 0 Å². The number of rotatable bonds is 6. The second-order valence-electron chi connectivity index (χ2n) is 7.10. The maximum Gasteiger partial charge on any atom is 0.254 e. The van der Waals surface area contributed by atoms with Gasteiger partial charge in [-0.3, -0.25) is 9.59 Å². The zero-order chi connectivity index (χ0) is 20.4. The summed E-state index contributed by atoms with van der Waals surface area (Å²) in [7, 11) is -3.76. The Hall–Kier alpha value is -1.97. The number of carbonyl (C=O) groups excluding carboxylic acids is 2. The predicted octanol–water partition coefficient (Wildman–Crippen LogP) is 0.820. The molecule has 9 heteroatoms. The number of amides is 2. The van der Waals surface area contributed by atoms with Crippen molar-refractivity contribution in [3.63, 3.8) is 0 Å². The Labute approximate surface area is 160 Å². The molecule has 1 heterocycles. The summed E-state index contributed by atoms with van der Waals surface area (Å²) in [4.78, 5) is 25.4. The van der Waals surface area contributed by atoms with Gasteiger partial charge in [0.05, 0.1) is 23.6 Å².